The number of aliphatic hydroxyl groups excluding tert-OH is 3. The summed E-state index contributed by atoms with van der Waals surface area (Å²) in [6, 6.07) is 4.02. The van der Waals surface area contributed by atoms with Crippen LogP contribution in [0.2, 0.25) is 0 Å². The van der Waals surface area contributed by atoms with Gasteiger partial charge >= 0.3 is 0 Å². The lowest BCUT2D eigenvalue weighted by Crippen LogP contribution is -2.65. The average molecular weight is 342 g/mol. The van der Waals surface area contributed by atoms with E-state index < -0.39 is 48.1 Å². The number of carbonyl (C=O) groups is 1. The number of nitrogens with one attached hydrogen (secondary N) is 1. The first-order valence-electron chi connectivity index (χ1n) is 7.14. The lowest BCUT2D eigenvalue weighted by Gasteiger charge is -2.42. The Morgan fingerprint density at radius 2 is 1.96 bits per heavy atom. The fourth-order valence-corrected chi connectivity index (χ4v) is 2.35. The molecule has 24 heavy (non-hydrogen) atoms. The van der Waals surface area contributed by atoms with Crippen LogP contribution in [0.1, 0.15) is 6.92 Å². The van der Waals surface area contributed by atoms with E-state index in [9.17, 15) is 30.2 Å². The van der Waals surface area contributed by atoms with E-state index in [2.05, 4.69) is 5.32 Å². The molecule has 1 aliphatic rings. The van der Waals surface area contributed by atoms with Gasteiger partial charge in [0.15, 0.2) is 0 Å². The highest BCUT2D eigenvalue weighted by molar-refractivity contribution is 5.73. The molecule has 132 valence electrons. The third-order valence-corrected chi connectivity index (χ3v) is 3.55. The second kappa shape index (κ2) is 7.53. The molecule has 10 nitrogen and oxygen atoms in total. The number of non-ortho nitro benzene ring substituents is 1. The molecule has 1 aromatic carbocycles. The Bertz CT molecular complexity index is 593. The summed E-state index contributed by atoms with van der Waals surface area (Å²) in [5.41, 5.74) is -0.131. The summed E-state index contributed by atoms with van der Waals surface area (Å²) in [5, 5.41) is 42.3. The minimum atomic E-state index is -1.43. The van der Waals surface area contributed by atoms with Gasteiger partial charge in [0.2, 0.25) is 12.2 Å². The molecule has 0 saturated carbocycles. The number of nitro benzene ring substituents is 1. The van der Waals surface area contributed by atoms with Crippen LogP contribution in [-0.4, -0.2) is 63.4 Å². The molecule has 1 fully saturated rings. The Labute approximate surface area is 136 Å². The Morgan fingerprint density at radius 3 is 2.46 bits per heavy atom. The number of hydrogen-bond donors (Lipinski definition) is 4. The quantitative estimate of drug-likeness (QED) is 0.389. The minimum Gasteiger partial charge on any atom is -0.463 e. The standard InChI is InChI=1S/C14H18N2O8/c1-7(18)15-11-13(20)12(19)10(6-17)24-14(11)23-9-4-2-8(3-5-9)16(21)22/h2-5,10-14,17,19-20H,6H2,1H3,(H,15,18)/t10-,11-,12+,13+,14-/m0/s1. The molecule has 1 amide bonds. The van der Waals surface area contributed by atoms with E-state index in [-0.39, 0.29) is 11.4 Å². The molecule has 0 aromatic heterocycles. The highest BCUT2D eigenvalue weighted by atomic mass is 16.7. The van der Waals surface area contributed by atoms with Crippen LogP contribution in [0.3, 0.4) is 0 Å². The molecule has 0 radical (unpaired) electrons. The SMILES string of the molecule is CC(=O)N[C@@H]1[C@@H](Oc2ccc([N+](=O)[O-])cc2)O[C@@H](CO)[C@@H](O)[C@@H]1O. The molecular weight excluding hydrogens is 324 g/mol. The lowest BCUT2D eigenvalue weighted by molar-refractivity contribution is -0.384. The first kappa shape index (κ1) is 18.1. The summed E-state index contributed by atoms with van der Waals surface area (Å²) < 4.78 is 10.9. The van der Waals surface area contributed by atoms with Crippen LogP contribution in [0.4, 0.5) is 5.69 Å². The van der Waals surface area contributed by atoms with E-state index in [0.29, 0.717) is 0 Å². The number of hydrogen-bond acceptors (Lipinski definition) is 8. The van der Waals surface area contributed by atoms with Gasteiger partial charge in [0.05, 0.1) is 11.5 Å². The van der Waals surface area contributed by atoms with Gasteiger partial charge in [-0.2, -0.15) is 0 Å². The molecule has 1 heterocycles. The van der Waals surface area contributed by atoms with Crippen molar-refractivity contribution >= 4 is 11.6 Å². The summed E-state index contributed by atoms with van der Waals surface area (Å²) in [5.74, 6) is -0.282. The van der Waals surface area contributed by atoms with Gasteiger partial charge in [-0.15, -0.1) is 0 Å². The zero-order chi connectivity index (χ0) is 17.9. The smallest absolute Gasteiger partial charge is 0.269 e. The summed E-state index contributed by atoms with van der Waals surface area (Å²) in [6.07, 6.45) is -5.15. The summed E-state index contributed by atoms with van der Waals surface area (Å²) in [4.78, 5) is 21.4. The van der Waals surface area contributed by atoms with Crippen LogP contribution in [0.5, 0.6) is 5.75 Å². The van der Waals surface area contributed by atoms with Gasteiger partial charge in [-0.3, -0.25) is 14.9 Å². The largest absolute Gasteiger partial charge is 0.463 e. The zero-order valence-corrected chi connectivity index (χ0v) is 12.7. The van der Waals surface area contributed by atoms with Crippen LogP contribution in [-0.2, 0) is 9.53 Å². The second-order valence-electron chi connectivity index (χ2n) is 5.30. The van der Waals surface area contributed by atoms with Gasteiger partial charge in [-0.05, 0) is 12.1 Å². The van der Waals surface area contributed by atoms with Gasteiger partial charge in [0.1, 0.15) is 30.1 Å². The normalized spacial score (nSPS) is 29.8. The minimum absolute atomic E-state index is 0.131. The number of nitrogens with zero attached hydrogens (tertiary/aromatic N) is 1. The number of carbonyl (C=O) groups excluding carboxylic acids is 1. The van der Waals surface area contributed by atoms with Gasteiger partial charge in [0, 0.05) is 19.1 Å². The molecule has 0 bridgehead atoms. The van der Waals surface area contributed by atoms with Crippen molar-refractivity contribution in [2.24, 2.45) is 0 Å². The molecule has 1 saturated heterocycles. The highest BCUT2D eigenvalue weighted by Crippen LogP contribution is 2.25. The molecular formula is C14H18N2O8. The van der Waals surface area contributed by atoms with Crippen molar-refractivity contribution in [3.05, 3.63) is 34.4 Å². The number of benzene rings is 1. The maximum Gasteiger partial charge on any atom is 0.269 e. The third kappa shape index (κ3) is 3.97. The van der Waals surface area contributed by atoms with Crippen LogP contribution >= 0.6 is 0 Å². The highest BCUT2D eigenvalue weighted by Gasteiger charge is 2.46. The van der Waals surface area contributed by atoms with Crippen molar-refractivity contribution < 1.29 is 34.5 Å². The van der Waals surface area contributed by atoms with Crippen molar-refractivity contribution in [1.82, 2.24) is 5.32 Å². The maximum atomic E-state index is 11.3. The Balaban J connectivity index is 2.19. The van der Waals surface area contributed by atoms with Gasteiger partial charge in [-0.1, -0.05) is 0 Å². The fourth-order valence-electron chi connectivity index (χ4n) is 2.35. The summed E-state index contributed by atoms with van der Waals surface area (Å²) in [7, 11) is 0. The molecule has 2 rings (SSSR count). The topological polar surface area (TPSA) is 151 Å². The zero-order valence-electron chi connectivity index (χ0n) is 12.7. The number of aliphatic hydroxyl groups is 3. The predicted molar refractivity (Wildman–Crippen MR) is 79.1 cm³/mol. The number of amides is 1. The lowest BCUT2D eigenvalue weighted by atomic mass is 9.97. The molecule has 4 N–H and O–H groups in total. The van der Waals surface area contributed by atoms with Crippen LogP contribution in [0.15, 0.2) is 24.3 Å². The molecule has 1 aliphatic heterocycles. The van der Waals surface area contributed by atoms with Gasteiger partial charge < -0.3 is 30.1 Å². The van der Waals surface area contributed by atoms with Crippen LogP contribution in [0, 0.1) is 10.1 Å². The van der Waals surface area contributed by atoms with Crippen molar-refractivity contribution in [3.63, 3.8) is 0 Å². The molecule has 5 atom stereocenters. The van der Waals surface area contributed by atoms with E-state index in [1.165, 1.54) is 31.2 Å². The maximum absolute atomic E-state index is 11.3. The molecule has 0 spiro atoms. The Morgan fingerprint density at radius 1 is 1.33 bits per heavy atom. The van der Waals surface area contributed by atoms with Gasteiger partial charge in [-0.25, -0.2) is 0 Å². The first-order valence-corrected chi connectivity index (χ1v) is 7.14. The predicted octanol–water partition coefficient (Wildman–Crippen LogP) is -1.08. The molecule has 1 aromatic rings. The van der Waals surface area contributed by atoms with E-state index >= 15 is 0 Å². The number of nitro groups is 1. The van der Waals surface area contributed by atoms with Crippen molar-refractivity contribution in [1.29, 1.82) is 0 Å². The Kier molecular flexibility index (Phi) is 5.67. The summed E-state index contributed by atoms with van der Waals surface area (Å²) in [6.45, 7) is 0.658. The summed E-state index contributed by atoms with van der Waals surface area (Å²) >= 11 is 0. The number of ether oxygens (including phenoxy) is 2. The molecule has 0 aliphatic carbocycles. The number of rotatable bonds is 5. The van der Waals surface area contributed by atoms with E-state index in [1.54, 1.807) is 0 Å². The van der Waals surface area contributed by atoms with E-state index in [0.717, 1.165) is 0 Å². The molecule has 0 unspecified atom stereocenters. The van der Waals surface area contributed by atoms with Crippen molar-refractivity contribution in [3.8, 4) is 5.75 Å². The van der Waals surface area contributed by atoms with E-state index in [1.807, 2.05) is 0 Å². The second-order valence-corrected chi connectivity index (χ2v) is 5.30. The van der Waals surface area contributed by atoms with Crippen molar-refractivity contribution in [2.75, 3.05) is 6.61 Å². The monoisotopic (exact) mass is 342 g/mol. The van der Waals surface area contributed by atoms with E-state index in [4.69, 9.17) is 9.47 Å². The molecule has 10 heteroatoms. The third-order valence-electron chi connectivity index (χ3n) is 3.55. The fraction of sp³-hybridized carbons (Fsp3) is 0.500. The van der Waals surface area contributed by atoms with Crippen LogP contribution < -0.4 is 10.1 Å². The van der Waals surface area contributed by atoms with Crippen molar-refractivity contribution in [2.45, 2.75) is 37.6 Å². The van der Waals surface area contributed by atoms with Crippen LogP contribution in [0.25, 0.3) is 0 Å². The first-order chi connectivity index (χ1) is 11.3. The average Bonchev–Trinajstić information content (AvgIpc) is 2.54. The Hall–Kier alpha value is -2.27. The van der Waals surface area contributed by atoms with Gasteiger partial charge in [0.25, 0.3) is 5.69 Å².